The van der Waals surface area contributed by atoms with Gasteiger partial charge in [-0.15, -0.1) is 16.4 Å². The lowest BCUT2D eigenvalue weighted by Crippen LogP contribution is -2.35. The third-order valence-electron chi connectivity index (χ3n) is 5.16. The van der Waals surface area contributed by atoms with E-state index in [1.54, 1.807) is 11.3 Å². The number of amides is 1. The Labute approximate surface area is 158 Å². The number of rotatable bonds is 4. The number of carbonyl (C=O) groups is 1. The zero-order valence-corrected chi connectivity index (χ0v) is 17.1. The second-order valence-electron chi connectivity index (χ2n) is 8.74. The predicted molar refractivity (Wildman–Crippen MR) is 104 cm³/mol. The molecule has 7 heteroatoms. The summed E-state index contributed by atoms with van der Waals surface area (Å²) >= 11 is 1.59. The number of hydrogen-bond acceptors (Lipinski definition) is 5. The van der Waals surface area contributed by atoms with Crippen molar-refractivity contribution in [2.45, 2.75) is 60.4 Å². The van der Waals surface area contributed by atoms with E-state index in [1.165, 1.54) is 9.56 Å². The van der Waals surface area contributed by atoms with Gasteiger partial charge in [0.2, 0.25) is 5.91 Å². The van der Waals surface area contributed by atoms with Crippen molar-refractivity contribution in [3.05, 3.63) is 20.8 Å². The fourth-order valence-corrected chi connectivity index (χ4v) is 4.71. The average Bonchev–Trinajstić information content (AvgIpc) is 2.93. The third-order valence-corrected chi connectivity index (χ3v) is 6.30. The van der Waals surface area contributed by atoms with Gasteiger partial charge in [0, 0.05) is 11.4 Å². The van der Waals surface area contributed by atoms with Crippen molar-refractivity contribution in [2.75, 3.05) is 6.54 Å². The third kappa shape index (κ3) is 3.82. The number of nitrogens with one attached hydrogen (secondary N) is 1. The van der Waals surface area contributed by atoms with E-state index in [9.17, 15) is 9.59 Å². The molecule has 0 radical (unpaired) electrons. The number of aryl methyl sites for hydroxylation is 1. The minimum absolute atomic E-state index is 0.0796. The van der Waals surface area contributed by atoms with Crippen LogP contribution >= 0.6 is 11.3 Å². The fraction of sp³-hybridized carbons (Fsp3) is 0.684. The van der Waals surface area contributed by atoms with Gasteiger partial charge in [-0.2, -0.15) is 0 Å². The van der Waals surface area contributed by atoms with Gasteiger partial charge in [-0.1, -0.05) is 39.8 Å². The highest BCUT2D eigenvalue weighted by atomic mass is 32.1. The number of hydrogen-bond donors (Lipinski definition) is 1. The average molecular weight is 377 g/mol. The number of fused-ring (bicyclic) bond motifs is 3. The summed E-state index contributed by atoms with van der Waals surface area (Å²) in [7, 11) is 0. The van der Waals surface area contributed by atoms with Gasteiger partial charge in [-0.25, -0.2) is 4.68 Å². The van der Waals surface area contributed by atoms with Crippen LogP contribution in [0, 0.1) is 17.3 Å². The number of nitrogens with zero attached hydrogens (tertiary/aromatic N) is 3. The molecule has 2 heterocycles. The Hall–Kier alpha value is -1.76. The van der Waals surface area contributed by atoms with Crippen molar-refractivity contribution in [2.24, 2.45) is 17.3 Å². The van der Waals surface area contributed by atoms with Crippen LogP contribution in [0.25, 0.3) is 10.2 Å². The molecule has 2 aromatic rings. The molecule has 26 heavy (non-hydrogen) atoms. The summed E-state index contributed by atoms with van der Waals surface area (Å²) in [6.07, 6.45) is 2.98. The van der Waals surface area contributed by atoms with Crippen molar-refractivity contribution < 1.29 is 4.79 Å². The van der Waals surface area contributed by atoms with Crippen LogP contribution in [0.5, 0.6) is 0 Å². The molecule has 142 valence electrons. The van der Waals surface area contributed by atoms with Gasteiger partial charge in [0.25, 0.3) is 5.56 Å². The van der Waals surface area contributed by atoms with Crippen LogP contribution in [-0.2, 0) is 24.2 Å². The molecule has 0 fully saturated rings. The molecule has 0 aliphatic heterocycles. The van der Waals surface area contributed by atoms with E-state index in [2.05, 4.69) is 36.4 Å². The molecule has 6 nitrogen and oxygen atoms in total. The summed E-state index contributed by atoms with van der Waals surface area (Å²) in [6.45, 7) is 11.4. The van der Waals surface area contributed by atoms with Crippen LogP contribution in [-0.4, -0.2) is 27.4 Å². The summed E-state index contributed by atoms with van der Waals surface area (Å²) < 4.78 is 1.20. The standard InChI is InChI=1S/C19H28N4O2S/c1-11(2)9-20-15(24)10-23-18(25)16-13-7-6-12(19(3,4)5)8-14(13)26-17(16)21-22-23/h11-12H,6-10H2,1-5H3,(H,20,24)/t12-/m0/s1. The Balaban J connectivity index is 1.89. The maximum Gasteiger partial charge on any atom is 0.279 e. The topological polar surface area (TPSA) is 76.9 Å². The van der Waals surface area contributed by atoms with Crippen molar-refractivity contribution in [1.29, 1.82) is 0 Å². The monoisotopic (exact) mass is 376 g/mol. The smallest absolute Gasteiger partial charge is 0.279 e. The molecule has 1 amide bonds. The van der Waals surface area contributed by atoms with Crippen LogP contribution in [0.1, 0.15) is 51.5 Å². The van der Waals surface area contributed by atoms with E-state index in [1.807, 2.05) is 13.8 Å². The largest absolute Gasteiger partial charge is 0.354 e. The zero-order valence-electron chi connectivity index (χ0n) is 16.3. The first-order valence-electron chi connectivity index (χ1n) is 9.31. The maximum absolute atomic E-state index is 12.9. The molecule has 1 aliphatic rings. The summed E-state index contributed by atoms with van der Waals surface area (Å²) in [5, 5.41) is 11.7. The van der Waals surface area contributed by atoms with E-state index >= 15 is 0 Å². The lowest BCUT2D eigenvalue weighted by atomic mass is 9.72. The molecule has 0 unspecified atom stereocenters. The molecule has 0 spiro atoms. The van der Waals surface area contributed by atoms with E-state index in [4.69, 9.17) is 0 Å². The molecule has 1 N–H and O–H groups in total. The Morgan fingerprint density at radius 1 is 1.38 bits per heavy atom. The molecule has 0 aromatic carbocycles. The van der Waals surface area contributed by atoms with Crippen LogP contribution in [0.3, 0.4) is 0 Å². The minimum atomic E-state index is -0.202. The molecule has 0 saturated carbocycles. The second-order valence-corrected chi connectivity index (χ2v) is 9.82. The van der Waals surface area contributed by atoms with Gasteiger partial charge < -0.3 is 5.32 Å². The highest BCUT2D eigenvalue weighted by molar-refractivity contribution is 7.18. The quantitative estimate of drug-likeness (QED) is 0.890. The first kappa shape index (κ1) is 19.0. The molecule has 0 bridgehead atoms. The Morgan fingerprint density at radius 3 is 2.77 bits per heavy atom. The predicted octanol–water partition coefficient (Wildman–Crippen LogP) is 2.78. The number of thiophene rings is 1. The maximum atomic E-state index is 12.9. The second kappa shape index (κ2) is 7.10. The highest BCUT2D eigenvalue weighted by Crippen LogP contribution is 2.41. The van der Waals surface area contributed by atoms with Gasteiger partial charge in [0.15, 0.2) is 4.83 Å². The van der Waals surface area contributed by atoms with Crippen LogP contribution in [0.4, 0.5) is 0 Å². The molecular formula is C19H28N4O2S. The van der Waals surface area contributed by atoms with Crippen molar-refractivity contribution in [3.63, 3.8) is 0 Å². The normalized spacial score (nSPS) is 17.5. The van der Waals surface area contributed by atoms with E-state index < -0.39 is 0 Å². The Kier molecular flexibility index (Phi) is 5.19. The molecule has 2 aromatic heterocycles. The number of aromatic nitrogens is 3. The fourth-order valence-electron chi connectivity index (χ4n) is 3.48. The first-order valence-corrected chi connectivity index (χ1v) is 10.1. The lowest BCUT2D eigenvalue weighted by molar-refractivity contribution is -0.122. The van der Waals surface area contributed by atoms with Crippen molar-refractivity contribution in [3.8, 4) is 0 Å². The van der Waals surface area contributed by atoms with Crippen molar-refractivity contribution in [1.82, 2.24) is 20.3 Å². The highest BCUT2D eigenvalue weighted by Gasteiger charge is 2.32. The molecule has 3 rings (SSSR count). The molecular weight excluding hydrogens is 348 g/mol. The van der Waals surface area contributed by atoms with Gasteiger partial charge in [-0.05, 0) is 42.1 Å². The summed E-state index contributed by atoms with van der Waals surface area (Å²) in [5.41, 5.74) is 1.19. The van der Waals surface area contributed by atoms with Crippen molar-refractivity contribution >= 4 is 27.5 Å². The van der Waals surface area contributed by atoms with E-state index in [0.29, 0.717) is 28.6 Å². The van der Waals surface area contributed by atoms with Gasteiger partial charge in [-0.3, -0.25) is 9.59 Å². The van der Waals surface area contributed by atoms with Gasteiger partial charge >= 0.3 is 0 Å². The zero-order chi connectivity index (χ0) is 19.1. The Morgan fingerprint density at radius 2 is 2.12 bits per heavy atom. The van der Waals surface area contributed by atoms with Gasteiger partial charge in [0.05, 0.1) is 5.39 Å². The van der Waals surface area contributed by atoms with E-state index in [0.717, 1.165) is 24.8 Å². The minimum Gasteiger partial charge on any atom is -0.354 e. The van der Waals surface area contributed by atoms with Crippen LogP contribution < -0.4 is 10.9 Å². The van der Waals surface area contributed by atoms with Gasteiger partial charge in [0.1, 0.15) is 6.54 Å². The summed E-state index contributed by atoms with van der Waals surface area (Å²) in [6, 6.07) is 0. The number of carbonyl (C=O) groups excluding carboxylic acids is 1. The molecule has 1 atom stereocenters. The lowest BCUT2D eigenvalue weighted by Gasteiger charge is -2.33. The van der Waals surface area contributed by atoms with Crippen LogP contribution in [0.15, 0.2) is 4.79 Å². The SMILES string of the molecule is CC(C)CNC(=O)Cn1nnc2sc3c(c2c1=O)CC[C@H](C(C)(C)C)C3. The molecule has 0 saturated heterocycles. The van der Waals surface area contributed by atoms with E-state index in [-0.39, 0.29) is 23.4 Å². The summed E-state index contributed by atoms with van der Waals surface area (Å²) in [5.74, 6) is 0.773. The first-order chi connectivity index (χ1) is 12.2. The summed E-state index contributed by atoms with van der Waals surface area (Å²) in [4.78, 5) is 26.9. The molecule has 1 aliphatic carbocycles. The van der Waals surface area contributed by atoms with Crippen LogP contribution in [0.2, 0.25) is 0 Å². The Bertz CT molecular complexity index is 876.